The average molecular weight is 300 g/mol. The number of benzene rings is 1. The smallest absolute Gasteiger partial charge is 0.339 e. The fraction of sp³-hybridized carbons (Fsp3) is 0.0714. The highest BCUT2D eigenvalue weighted by Crippen LogP contribution is 2.33. The second-order valence-electron chi connectivity index (χ2n) is 4.35. The number of ether oxygens (including phenoxy) is 1. The molecule has 0 amide bonds. The summed E-state index contributed by atoms with van der Waals surface area (Å²) >= 11 is 1.46. The molecule has 2 aromatic heterocycles. The summed E-state index contributed by atoms with van der Waals surface area (Å²) < 4.78 is 4.79. The van der Waals surface area contributed by atoms with Gasteiger partial charge < -0.3 is 16.2 Å². The van der Waals surface area contributed by atoms with Gasteiger partial charge in [-0.3, -0.25) is 0 Å². The van der Waals surface area contributed by atoms with Crippen LogP contribution in [0.2, 0.25) is 0 Å². The number of carbonyl (C=O) groups excluding carboxylic acids is 1. The van der Waals surface area contributed by atoms with E-state index in [1.807, 2.05) is 17.5 Å². The Balaban J connectivity index is 2.18. The first-order valence-corrected chi connectivity index (χ1v) is 6.97. The minimum absolute atomic E-state index is 0.138. The number of thiophene rings is 1. The molecule has 7 heteroatoms. The van der Waals surface area contributed by atoms with Gasteiger partial charge in [0.25, 0.3) is 0 Å². The van der Waals surface area contributed by atoms with Crippen molar-refractivity contribution in [2.75, 3.05) is 18.6 Å². The molecule has 1 aromatic carbocycles. The van der Waals surface area contributed by atoms with Gasteiger partial charge in [-0.2, -0.15) is 4.98 Å². The summed E-state index contributed by atoms with van der Waals surface area (Å²) in [6.07, 6.45) is 0. The zero-order valence-corrected chi connectivity index (χ0v) is 12.0. The number of rotatable bonds is 2. The summed E-state index contributed by atoms with van der Waals surface area (Å²) in [7, 11) is 1.36. The van der Waals surface area contributed by atoms with Gasteiger partial charge in [0.2, 0.25) is 5.95 Å². The van der Waals surface area contributed by atoms with Gasteiger partial charge in [-0.05, 0) is 29.1 Å². The molecule has 0 fully saturated rings. The molecule has 2 heterocycles. The van der Waals surface area contributed by atoms with Gasteiger partial charge >= 0.3 is 5.97 Å². The summed E-state index contributed by atoms with van der Waals surface area (Å²) in [5.41, 5.74) is 13.5. The number of nitrogen functional groups attached to an aromatic ring is 2. The summed E-state index contributed by atoms with van der Waals surface area (Å²) in [5, 5.41) is 2.54. The molecule has 4 N–H and O–H groups in total. The van der Waals surface area contributed by atoms with E-state index in [4.69, 9.17) is 16.2 Å². The molecule has 0 aliphatic heterocycles. The van der Waals surface area contributed by atoms with Crippen LogP contribution in [0.4, 0.5) is 11.8 Å². The number of esters is 1. The van der Waals surface area contributed by atoms with Gasteiger partial charge in [-0.15, -0.1) is 11.3 Å². The molecule has 3 rings (SSSR count). The van der Waals surface area contributed by atoms with Crippen molar-refractivity contribution >= 4 is 40.0 Å². The van der Waals surface area contributed by atoms with E-state index >= 15 is 0 Å². The number of nitrogens with two attached hydrogens (primary N) is 2. The van der Waals surface area contributed by atoms with Gasteiger partial charge in [-0.25, -0.2) is 9.78 Å². The Morgan fingerprint density at radius 1 is 1.24 bits per heavy atom. The third-order valence-corrected chi connectivity index (χ3v) is 4.04. The Hall–Kier alpha value is -2.67. The molecule has 0 saturated carbocycles. The normalized spacial score (nSPS) is 10.7. The SMILES string of the molecule is COC(=O)c1ccsc1-c1ccc2nc(N)nc(N)c2c1. The fourth-order valence-corrected chi connectivity index (χ4v) is 3.00. The van der Waals surface area contributed by atoms with Gasteiger partial charge in [-0.1, -0.05) is 6.07 Å². The maximum Gasteiger partial charge on any atom is 0.339 e. The molecule has 106 valence electrons. The van der Waals surface area contributed by atoms with Crippen LogP contribution in [0.3, 0.4) is 0 Å². The van der Waals surface area contributed by atoms with Crippen LogP contribution in [0.1, 0.15) is 10.4 Å². The van der Waals surface area contributed by atoms with Crippen LogP contribution < -0.4 is 11.5 Å². The van der Waals surface area contributed by atoms with Crippen molar-refractivity contribution in [3.8, 4) is 10.4 Å². The van der Waals surface area contributed by atoms with Gasteiger partial charge in [0.1, 0.15) is 5.82 Å². The van der Waals surface area contributed by atoms with Gasteiger partial charge in [0.15, 0.2) is 0 Å². The van der Waals surface area contributed by atoms with Crippen LogP contribution in [0.5, 0.6) is 0 Å². The number of fused-ring (bicyclic) bond motifs is 1. The maximum absolute atomic E-state index is 11.8. The minimum Gasteiger partial charge on any atom is -0.465 e. The van der Waals surface area contributed by atoms with Crippen molar-refractivity contribution in [3.05, 3.63) is 35.2 Å². The van der Waals surface area contributed by atoms with E-state index in [2.05, 4.69) is 9.97 Å². The molecule has 0 aliphatic rings. The lowest BCUT2D eigenvalue weighted by Gasteiger charge is -2.06. The maximum atomic E-state index is 11.8. The predicted molar refractivity (Wildman–Crippen MR) is 83.0 cm³/mol. The standard InChI is InChI=1S/C14H12N4O2S/c1-20-13(19)8-4-5-21-11(8)7-2-3-10-9(6-7)12(15)18-14(16)17-10/h2-6H,1H3,(H4,15,16,17,18). The second-order valence-corrected chi connectivity index (χ2v) is 5.27. The van der Waals surface area contributed by atoms with Crippen LogP contribution >= 0.6 is 11.3 Å². The molecule has 0 aliphatic carbocycles. The number of methoxy groups -OCH3 is 1. The Morgan fingerprint density at radius 3 is 2.81 bits per heavy atom. The zero-order chi connectivity index (χ0) is 15.0. The highest BCUT2D eigenvalue weighted by molar-refractivity contribution is 7.14. The molecule has 0 bridgehead atoms. The van der Waals surface area contributed by atoms with Crippen molar-refractivity contribution in [2.45, 2.75) is 0 Å². The minimum atomic E-state index is -0.368. The first-order valence-electron chi connectivity index (χ1n) is 6.09. The molecule has 21 heavy (non-hydrogen) atoms. The zero-order valence-electron chi connectivity index (χ0n) is 11.2. The summed E-state index contributed by atoms with van der Waals surface area (Å²) in [6, 6.07) is 7.26. The molecule has 0 saturated heterocycles. The van der Waals surface area contributed by atoms with Crippen molar-refractivity contribution < 1.29 is 9.53 Å². The second kappa shape index (κ2) is 5.02. The number of hydrogen-bond donors (Lipinski definition) is 2. The Kier molecular flexibility index (Phi) is 3.19. The quantitative estimate of drug-likeness (QED) is 0.704. The molecular weight excluding hydrogens is 288 g/mol. The van der Waals surface area contributed by atoms with E-state index in [0.29, 0.717) is 22.3 Å². The lowest BCUT2D eigenvalue weighted by atomic mass is 10.1. The van der Waals surface area contributed by atoms with Crippen LogP contribution in [0.15, 0.2) is 29.6 Å². The van der Waals surface area contributed by atoms with E-state index in [1.54, 1.807) is 12.1 Å². The van der Waals surface area contributed by atoms with E-state index in [9.17, 15) is 4.79 Å². The van der Waals surface area contributed by atoms with E-state index in [0.717, 1.165) is 10.4 Å². The third-order valence-electron chi connectivity index (χ3n) is 3.08. The number of carbonyl (C=O) groups is 1. The molecule has 3 aromatic rings. The molecule has 0 atom stereocenters. The lowest BCUT2D eigenvalue weighted by molar-refractivity contribution is 0.0602. The van der Waals surface area contributed by atoms with Crippen LogP contribution in [-0.2, 0) is 4.74 Å². The average Bonchev–Trinajstić information content (AvgIpc) is 2.95. The number of hydrogen-bond acceptors (Lipinski definition) is 7. The highest BCUT2D eigenvalue weighted by Gasteiger charge is 2.15. The monoisotopic (exact) mass is 300 g/mol. The van der Waals surface area contributed by atoms with E-state index in [-0.39, 0.29) is 11.9 Å². The number of nitrogens with zero attached hydrogens (tertiary/aromatic N) is 2. The topological polar surface area (TPSA) is 104 Å². The number of aromatic nitrogens is 2. The number of anilines is 2. The van der Waals surface area contributed by atoms with E-state index < -0.39 is 0 Å². The Bertz CT molecular complexity index is 844. The third kappa shape index (κ3) is 2.27. The molecule has 6 nitrogen and oxygen atoms in total. The van der Waals surface area contributed by atoms with Gasteiger partial charge in [0, 0.05) is 10.3 Å². The lowest BCUT2D eigenvalue weighted by Crippen LogP contribution is -2.02. The summed E-state index contributed by atoms with van der Waals surface area (Å²) in [6.45, 7) is 0. The van der Waals surface area contributed by atoms with Gasteiger partial charge in [0.05, 0.1) is 18.2 Å². The van der Waals surface area contributed by atoms with E-state index in [1.165, 1.54) is 18.4 Å². The van der Waals surface area contributed by atoms with Crippen molar-refractivity contribution in [1.82, 2.24) is 9.97 Å². The largest absolute Gasteiger partial charge is 0.465 e. The highest BCUT2D eigenvalue weighted by atomic mass is 32.1. The summed E-state index contributed by atoms with van der Waals surface area (Å²) in [5.74, 6) is 0.0857. The molecule has 0 unspecified atom stereocenters. The Morgan fingerprint density at radius 2 is 2.05 bits per heavy atom. The first-order chi connectivity index (χ1) is 10.1. The Labute approximate surface area is 124 Å². The first kappa shape index (κ1) is 13.3. The van der Waals surface area contributed by atoms with Crippen molar-refractivity contribution in [1.29, 1.82) is 0 Å². The van der Waals surface area contributed by atoms with Crippen LogP contribution in [0.25, 0.3) is 21.3 Å². The van der Waals surface area contributed by atoms with Crippen LogP contribution in [0, 0.1) is 0 Å². The fourth-order valence-electron chi connectivity index (χ4n) is 2.12. The molecule has 0 spiro atoms. The molecule has 0 radical (unpaired) electrons. The van der Waals surface area contributed by atoms with Crippen molar-refractivity contribution in [2.24, 2.45) is 0 Å². The predicted octanol–water partition coefficient (Wildman–Crippen LogP) is 2.31. The summed E-state index contributed by atoms with van der Waals surface area (Å²) in [4.78, 5) is 20.7. The van der Waals surface area contributed by atoms with Crippen LogP contribution in [-0.4, -0.2) is 23.0 Å². The van der Waals surface area contributed by atoms with Crippen molar-refractivity contribution in [3.63, 3.8) is 0 Å². The molecular formula is C14H12N4O2S.